The van der Waals surface area contributed by atoms with E-state index >= 15 is 0 Å². The van der Waals surface area contributed by atoms with Crippen molar-refractivity contribution >= 4 is 49.2 Å². The van der Waals surface area contributed by atoms with Gasteiger partial charge in [-0.2, -0.15) is 0 Å². The van der Waals surface area contributed by atoms with Gasteiger partial charge in [0.15, 0.2) is 5.78 Å². The monoisotopic (exact) mass is 813 g/mol. The van der Waals surface area contributed by atoms with E-state index in [1.807, 2.05) is 109 Å². The molecule has 8 rings (SSSR count). The standard InChI is InChI=1S/C50H43N3O6S/c54-48(34-52(50(55)40-21-11-4-12-22-40)29-30-58-42-26-27-44-43-23-13-14-24-45(43)51-46(44)32-42)41-25-28-49(59-35-38-17-7-2-8-18-38)47(31-41)53(33-37-15-5-1-6-16-37)60(56,57)36-39-19-9-3-10-20-39/h1-28,31-32,51H,29-30,33-36H2. The maximum atomic E-state index is 14.5. The van der Waals surface area contributed by atoms with Crippen LogP contribution in [-0.4, -0.2) is 49.7 Å². The van der Waals surface area contributed by atoms with Crippen LogP contribution in [0.4, 0.5) is 5.69 Å². The summed E-state index contributed by atoms with van der Waals surface area (Å²) in [5, 5.41) is 2.20. The van der Waals surface area contributed by atoms with Crippen molar-refractivity contribution in [3.63, 3.8) is 0 Å². The Balaban J connectivity index is 1.10. The number of carbonyl (C=O) groups excluding carboxylic acids is 2. The third-order valence-corrected chi connectivity index (χ3v) is 11.9. The van der Waals surface area contributed by atoms with Crippen molar-refractivity contribution in [2.24, 2.45) is 0 Å². The van der Waals surface area contributed by atoms with Gasteiger partial charge in [-0.25, -0.2) is 8.42 Å². The molecular weight excluding hydrogens is 771 g/mol. The predicted molar refractivity (Wildman–Crippen MR) is 237 cm³/mol. The van der Waals surface area contributed by atoms with E-state index in [-0.39, 0.29) is 61.5 Å². The zero-order valence-corrected chi connectivity index (χ0v) is 33.6. The second-order valence-electron chi connectivity index (χ2n) is 14.4. The largest absolute Gasteiger partial charge is 0.492 e. The van der Waals surface area contributed by atoms with Crippen LogP contribution in [0.15, 0.2) is 182 Å². The molecule has 8 aromatic rings. The van der Waals surface area contributed by atoms with Gasteiger partial charge in [0.25, 0.3) is 5.91 Å². The Labute approximate surface area is 349 Å². The SMILES string of the molecule is O=C(CN(CCOc1ccc2c(c1)[nH]c1ccccc12)C(=O)c1ccccc1)c1ccc(OCc2ccccc2)c(N(Cc2ccccc2)S(=O)(=O)Cc2ccccc2)c1. The van der Waals surface area contributed by atoms with E-state index in [1.54, 1.807) is 66.7 Å². The van der Waals surface area contributed by atoms with Gasteiger partial charge in [0.05, 0.1) is 36.6 Å². The van der Waals surface area contributed by atoms with Crippen LogP contribution in [0.25, 0.3) is 21.8 Å². The van der Waals surface area contributed by atoms with E-state index in [0.717, 1.165) is 32.9 Å². The van der Waals surface area contributed by atoms with E-state index < -0.39 is 10.0 Å². The Hall–Kier alpha value is -7.17. The third-order valence-electron chi connectivity index (χ3n) is 10.2. The molecule has 7 aromatic carbocycles. The number of nitrogens with one attached hydrogen (secondary N) is 1. The van der Waals surface area contributed by atoms with Crippen molar-refractivity contribution in [1.82, 2.24) is 9.88 Å². The minimum absolute atomic E-state index is 0.00436. The van der Waals surface area contributed by atoms with Crippen molar-refractivity contribution in [3.8, 4) is 11.5 Å². The van der Waals surface area contributed by atoms with Crippen LogP contribution in [0.5, 0.6) is 11.5 Å². The Kier molecular flexibility index (Phi) is 12.0. The Bertz CT molecular complexity index is 2830. The average Bonchev–Trinajstić information content (AvgIpc) is 3.66. The second-order valence-corrected chi connectivity index (χ2v) is 16.3. The fraction of sp³-hybridized carbons (Fsp3) is 0.120. The fourth-order valence-electron chi connectivity index (χ4n) is 7.17. The van der Waals surface area contributed by atoms with Gasteiger partial charge in [-0.3, -0.25) is 13.9 Å². The molecule has 1 N–H and O–H groups in total. The average molecular weight is 814 g/mol. The minimum Gasteiger partial charge on any atom is -0.492 e. The lowest BCUT2D eigenvalue weighted by Gasteiger charge is -2.28. The van der Waals surface area contributed by atoms with Crippen LogP contribution < -0.4 is 13.8 Å². The first-order valence-electron chi connectivity index (χ1n) is 19.7. The molecule has 0 unspecified atom stereocenters. The number of amides is 1. The summed E-state index contributed by atoms with van der Waals surface area (Å²) in [4.78, 5) is 33.3. The number of rotatable bonds is 17. The Morgan fingerprint density at radius 2 is 1.18 bits per heavy atom. The highest BCUT2D eigenvalue weighted by atomic mass is 32.2. The van der Waals surface area contributed by atoms with Gasteiger partial charge in [0.1, 0.15) is 24.7 Å². The molecule has 10 heteroatoms. The molecule has 0 fully saturated rings. The summed E-state index contributed by atoms with van der Waals surface area (Å²) in [5.74, 6) is -0.0738. The molecule has 0 saturated carbocycles. The van der Waals surface area contributed by atoms with Crippen LogP contribution >= 0.6 is 0 Å². The highest BCUT2D eigenvalue weighted by Crippen LogP contribution is 2.35. The second kappa shape index (κ2) is 18.2. The summed E-state index contributed by atoms with van der Waals surface area (Å²) in [6.07, 6.45) is 0. The molecule has 0 aliphatic carbocycles. The zero-order chi connectivity index (χ0) is 41.3. The lowest BCUT2D eigenvalue weighted by atomic mass is 10.1. The molecule has 1 heterocycles. The summed E-state index contributed by atoms with van der Waals surface area (Å²) in [7, 11) is -4.05. The number of H-pyrrole nitrogens is 1. The van der Waals surface area contributed by atoms with Gasteiger partial charge in [0.2, 0.25) is 10.0 Å². The minimum atomic E-state index is -4.05. The molecule has 0 saturated heterocycles. The number of anilines is 1. The van der Waals surface area contributed by atoms with Crippen LogP contribution in [0.3, 0.4) is 0 Å². The highest BCUT2D eigenvalue weighted by Gasteiger charge is 2.28. The highest BCUT2D eigenvalue weighted by molar-refractivity contribution is 7.92. The van der Waals surface area contributed by atoms with E-state index in [1.165, 1.54) is 9.21 Å². The van der Waals surface area contributed by atoms with Gasteiger partial charge in [-0.15, -0.1) is 0 Å². The summed E-state index contributed by atoms with van der Waals surface area (Å²) >= 11 is 0. The number of fused-ring (bicyclic) bond motifs is 3. The first kappa shape index (κ1) is 39.6. The maximum absolute atomic E-state index is 14.5. The maximum Gasteiger partial charge on any atom is 0.254 e. The number of benzene rings is 7. The zero-order valence-electron chi connectivity index (χ0n) is 32.8. The van der Waals surface area contributed by atoms with Crippen LogP contribution in [0, 0.1) is 0 Å². The molecule has 300 valence electrons. The smallest absolute Gasteiger partial charge is 0.254 e. The van der Waals surface area contributed by atoms with E-state index in [4.69, 9.17) is 9.47 Å². The molecule has 9 nitrogen and oxygen atoms in total. The van der Waals surface area contributed by atoms with Gasteiger partial charge in [-0.05, 0) is 65.2 Å². The van der Waals surface area contributed by atoms with Gasteiger partial charge in [0, 0.05) is 33.5 Å². The number of aromatic amines is 1. The Morgan fingerprint density at radius 1 is 0.567 bits per heavy atom. The molecule has 0 spiro atoms. The fourth-order valence-corrected chi connectivity index (χ4v) is 8.72. The molecule has 0 aliphatic heterocycles. The van der Waals surface area contributed by atoms with E-state index in [2.05, 4.69) is 11.1 Å². The third kappa shape index (κ3) is 9.41. The number of nitrogens with zero attached hydrogens (tertiary/aromatic N) is 2. The first-order chi connectivity index (χ1) is 29.3. The van der Waals surface area contributed by atoms with Crippen LogP contribution in [0.2, 0.25) is 0 Å². The summed E-state index contributed by atoms with van der Waals surface area (Å²) < 4.78 is 42.8. The normalized spacial score (nSPS) is 11.3. The topological polar surface area (TPSA) is 109 Å². The van der Waals surface area contributed by atoms with Gasteiger partial charge >= 0.3 is 0 Å². The molecule has 0 bridgehead atoms. The lowest BCUT2D eigenvalue weighted by Crippen LogP contribution is -2.38. The predicted octanol–water partition coefficient (Wildman–Crippen LogP) is 9.84. The molecule has 0 radical (unpaired) electrons. The molecule has 1 aromatic heterocycles. The van der Waals surface area contributed by atoms with Crippen molar-refractivity contribution in [2.45, 2.75) is 18.9 Å². The van der Waals surface area contributed by atoms with Crippen molar-refractivity contribution in [1.29, 1.82) is 0 Å². The van der Waals surface area contributed by atoms with Crippen LogP contribution in [0.1, 0.15) is 37.4 Å². The number of sulfonamides is 1. The number of carbonyl (C=O) groups is 2. The Morgan fingerprint density at radius 3 is 1.90 bits per heavy atom. The van der Waals surface area contributed by atoms with Crippen molar-refractivity contribution in [2.75, 3.05) is 24.0 Å². The molecule has 1 amide bonds. The number of hydrogen-bond acceptors (Lipinski definition) is 6. The van der Waals surface area contributed by atoms with E-state index in [0.29, 0.717) is 22.6 Å². The number of ether oxygens (including phenoxy) is 2. The number of ketones is 1. The first-order valence-corrected chi connectivity index (χ1v) is 21.3. The van der Waals surface area contributed by atoms with Gasteiger partial charge < -0.3 is 19.4 Å². The lowest BCUT2D eigenvalue weighted by molar-refractivity contribution is 0.0686. The summed E-state index contributed by atoms with van der Waals surface area (Å²) in [6.45, 7) is 0.122. The number of para-hydroxylation sites is 1. The van der Waals surface area contributed by atoms with Crippen molar-refractivity contribution in [3.05, 3.63) is 210 Å². The van der Waals surface area contributed by atoms with Crippen molar-refractivity contribution < 1.29 is 27.5 Å². The number of hydrogen-bond donors (Lipinski definition) is 1. The van der Waals surface area contributed by atoms with Crippen LogP contribution in [-0.2, 0) is 28.9 Å². The molecule has 60 heavy (non-hydrogen) atoms. The molecule has 0 atom stereocenters. The number of Topliss-reactive ketones (excluding diaryl/α,β-unsaturated/α-hetero) is 1. The van der Waals surface area contributed by atoms with Gasteiger partial charge in [-0.1, -0.05) is 127 Å². The molecule has 0 aliphatic rings. The number of aromatic nitrogens is 1. The summed E-state index contributed by atoms with van der Waals surface area (Å²) in [5.41, 5.74) is 5.09. The molecular formula is C50H43N3O6S. The van der Waals surface area contributed by atoms with E-state index in [9.17, 15) is 18.0 Å². The quantitative estimate of drug-likeness (QED) is 0.0918. The summed E-state index contributed by atoms with van der Waals surface area (Å²) in [6, 6.07) is 55.4.